The van der Waals surface area contributed by atoms with Crippen LogP contribution in [0.15, 0.2) is 30.3 Å². The minimum atomic E-state index is 0.0864. The molecule has 0 aromatic heterocycles. The van der Waals surface area contributed by atoms with Crippen LogP contribution in [0.5, 0.6) is 0 Å². The summed E-state index contributed by atoms with van der Waals surface area (Å²) < 4.78 is 0. The van der Waals surface area contributed by atoms with E-state index >= 15 is 0 Å². The van der Waals surface area contributed by atoms with Gasteiger partial charge in [0.2, 0.25) is 5.91 Å². The van der Waals surface area contributed by atoms with E-state index in [-0.39, 0.29) is 11.2 Å². The SMILES string of the molecule is CCC(SC1CCCCC1)C(=O)Nc1ccccc1. The van der Waals surface area contributed by atoms with Gasteiger partial charge >= 0.3 is 0 Å². The molecule has 2 rings (SSSR count). The van der Waals surface area contributed by atoms with Crippen LogP contribution in [-0.2, 0) is 4.79 Å². The van der Waals surface area contributed by atoms with Crippen molar-refractivity contribution in [3.63, 3.8) is 0 Å². The van der Waals surface area contributed by atoms with Gasteiger partial charge in [-0.2, -0.15) is 0 Å². The van der Waals surface area contributed by atoms with Crippen molar-refractivity contribution in [3.8, 4) is 0 Å². The Bertz CT molecular complexity index is 387. The van der Waals surface area contributed by atoms with E-state index in [1.165, 1.54) is 32.1 Å². The summed E-state index contributed by atoms with van der Waals surface area (Å²) in [5.41, 5.74) is 0.898. The molecule has 1 amide bonds. The molecule has 0 radical (unpaired) electrons. The molecule has 1 aliphatic rings. The van der Waals surface area contributed by atoms with Crippen LogP contribution in [0.1, 0.15) is 45.4 Å². The Hall–Kier alpha value is -0.960. The average Bonchev–Trinajstić information content (AvgIpc) is 2.47. The molecule has 0 heterocycles. The van der Waals surface area contributed by atoms with Gasteiger partial charge in [-0.1, -0.05) is 44.4 Å². The number of hydrogen-bond acceptors (Lipinski definition) is 2. The Morgan fingerprint density at radius 3 is 2.58 bits per heavy atom. The van der Waals surface area contributed by atoms with Crippen molar-refractivity contribution in [2.45, 2.75) is 55.9 Å². The first-order valence-electron chi connectivity index (χ1n) is 7.31. The topological polar surface area (TPSA) is 29.1 Å². The predicted molar refractivity (Wildman–Crippen MR) is 83.6 cm³/mol. The summed E-state index contributed by atoms with van der Waals surface area (Å²) in [7, 11) is 0. The Morgan fingerprint density at radius 1 is 1.26 bits per heavy atom. The Labute approximate surface area is 120 Å². The number of amides is 1. The molecule has 104 valence electrons. The Balaban J connectivity index is 1.87. The lowest BCUT2D eigenvalue weighted by molar-refractivity contribution is -0.115. The third-order valence-electron chi connectivity index (χ3n) is 3.61. The molecular weight excluding hydrogens is 254 g/mol. The van der Waals surface area contributed by atoms with E-state index in [1.54, 1.807) is 0 Å². The van der Waals surface area contributed by atoms with Crippen LogP contribution in [-0.4, -0.2) is 16.4 Å². The van der Waals surface area contributed by atoms with Crippen LogP contribution in [0.4, 0.5) is 5.69 Å². The van der Waals surface area contributed by atoms with Crippen molar-refractivity contribution in [2.24, 2.45) is 0 Å². The van der Waals surface area contributed by atoms with Crippen LogP contribution in [0.2, 0.25) is 0 Å². The van der Waals surface area contributed by atoms with Crippen molar-refractivity contribution in [1.29, 1.82) is 0 Å². The molecule has 0 bridgehead atoms. The summed E-state index contributed by atoms with van der Waals surface area (Å²) in [6.45, 7) is 2.10. The van der Waals surface area contributed by atoms with Crippen molar-refractivity contribution in [1.82, 2.24) is 0 Å². The highest BCUT2D eigenvalue weighted by Gasteiger charge is 2.23. The molecule has 19 heavy (non-hydrogen) atoms. The monoisotopic (exact) mass is 277 g/mol. The maximum atomic E-state index is 12.3. The third-order valence-corrected chi connectivity index (χ3v) is 5.35. The third kappa shape index (κ3) is 4.57. The molecule has 3 heteroatoms. The van der Waals surface area contributed by atoms with Crippen LogP contribution < -0.4 is 5.32 Å². The van der Waals surface area contributed by atoms with Crippen LogP contribution in [0.3, 0.4) is 0 Å². The molecular formula is C16H23NOS. The first kappa shape index (κ1) is 14.4. The molecule has 1 fully saturated rings. The van der Waals surface area contributed by atoms with Crippen molar-refractivity contribution >= 4 is 23.4 Å². The fourth-order valence-corrected chi connectivity index (χ4v) is 3.97. The second kappa shape index (κ2) is 7.59. The zero-order chi connectivity index (χ0) is 13.5. The lowest BCUT2D eigenvalue weighted by atomic mass is 10.0. The number of benzene rings is 1. The molecule has 2 nitrogen and oxygen atoms in total. The number of hydrogen-bond donors (Lipinski definition) is 1. The van der Waals surface area contributed by atoms with Gasteiger partial charge in [-0.25, -0.2) is 0 Å². The van der Waals surface area contributed by atoms with Gasteiger partial charge in [-0.3, -0.25) is 4.79 Å². The van der Waals surface area contributed by atoms with E-state index in [9.17, 15) is 4.79 Å². The number of nitrogens with one attached hydrogen (secondary N) is 1. The van der Waals surface area contributed by atoms with E-state index in [2.05, 4.69) is 12.2 Å². The smallest absolute Gasteiger partial charge is 0.237 e. The van der Waals surface area contributed by atoms with Gasteiger partial charge < -0.3 is 5.32 Å². The van der Waals surface area contributed by atoms with E-state index < -0.39 is 0 Å². The van der Waals surface area contributed by atoms with E-state index in [4.69, 9.17) is 0 Å². The van der Waals surface area contributed by atoms with Gasteiger partial charge in [-0.15, -0.1) is 11.8 Å². The van der Waals surface area contributed by atoms with Crippen molar-refractivity contribution < 1.29 is 4.79 Å². The molecule has 0 spiro atoms. The highest BCUT2D eigenvalue weighted by Crippen LogP contribution is 2.32. The van der Waals surface area contributed by atoms with E-state index in [0.29, 0.717) is 5.25 Å². The molecule has 1 aromatic carbocycles. The number of thioether (sulfide) groups is 1. The normalized spacial score (nSPS) is 17.9. The van der Waals surface area contributed by atoms with Crippen LogP contribution >= 0.6 is 11.8 Å². The van der Waals surface area contributed by atoms with Crippen LogP contribution in [0, 0.1) is 0 Å². The molecule has 1 aliphatic carbocycles. The molecule has 1 unspecified atom stereocenters. The Kier molecular flexibility index (Phi) is 5.77. The lowest BCUT2D eigenvalue weighted by Gasteiger charge is -2.25. The standard InChI is InChI=1S/C16H23NOS/c1-2-15(19-14-11-7-4-8-12-14)16(18)17-13-9-5-3-6-10-13/h3,5-6,9-10,14-15H,2,4,7-8,11-12H2,1H3,(H,17,18). The zero-order valence-corrected chi connectivity index (χ0v) is 12.4. The second-order valence-corrected chi connectivity index (χ2v) is 6.66. The number of rotatable bonds is 5. The molecule has 0 aliphatic heterocycles. The average molecular weight is 277 g/mol. The van der Waals surface area contributed by atoms with Gasteiger partial charge in [-0.05, 0) is 31.4 Å². The summed E-state index contributed by atoms with van der Waals surface area (Å²) >= 11 is 1.88. The first-order valence-corrected chi connectivity index (χ1v) is 8.25. The second-order valence-electron chi connectivity index (χ2n) is 5.15. The molecule has 0 saturated heterocycles. The molecule has 1 N–H and O–H groups in total. The summed E-state index contributed by atoms with van der Waals surface area (Å²) in [5.74, 6) is 0.157. The van der Waals surface area contributed by atoms with Gasteiger partial charge in [0, 0.05) is 10.9 Å². The maximum absolute atomic E-state index is 12.3. The number of anilines is 1. The van der Waals surface area contributed by atoms with E-state index in [0.717, 1.165) is 12.1 Å². The summed E-state index contributed by atoms with van der Waals surface area (Å²) in [6, 6.07) is 9.74. The highest BCUT2D eigenvalue weighted by molar-refractivity contribution is 8.01. The van der Waals surface area contributed by atoms with E-state index in [1.807, 2.05) is 42.1 Å². The summed E-state index contributed by atoms with van der Waals surface area (Å²) in [4.78, 5) is 12.3. The minimum Gasteiger partial charge on any atom is -0.325 e. The Morgan fingerprint density at radius 2 is 1.95 bits per heavy atom. The fraction of sp³-hybridized carbons (Fsp3) is 0.562. The minimum absolute atomic E-state index is 0.0864. The first-order chi connectivity index (χ1) is 9.29. The molecule has 1 aromatic rings. The highest BCUT2D eigenvalue weighted by atomic mass is 32.2. The fourth-order valence-electron chi connectivity index (χ4n) is 2.52. The lowest BCUT2D eigenvalue weighted by Crippen LogP contribution is -2.27. The maximum Gasteiger partial charge on any atom is 0.237 e. The number of carbonyl (C=O) groups excluding carboxylic acids is 1. The van der Waals surface area contributed by atoms with Crippen molar-refractivity contribution in [2.75, 3.05) is 5.32 Å². The zero-order valence-electron chi connectivity index (χ0n) is 11.6. The van der Waals surface area contributed by atoms with Crippen molar-refractivity contribution in [3.05, 3.63) is 30.3 Å². The largest absolute Gasteiger partial charge is 0.325 e. The predicted octanol–water partition coefficient (Wildman–Crippen LogP) is 4.47. The molecule has 1 atom stereocenters. The van der Waals surface area contributed by atoms with Gasteiger partial charge in [0.25, 0.3) is 0 Å². The number of carbonyl (C=O) groups is 1. The van der Waals surface area contributed by atoms with Crippen LogP contribution in [0.25, 0.3) is 0 Å². The molecule has 1 saturated carbocycles. The quantitative estimate of drug-likeness (QED) is 0.860. The van der Waals surface area contributed by atoms with Gasteiger partial charge in [0.05, 0.1) is 5.25 Å². The van der Waals surface area contributed by atoms with Gasteiger partial charge in [0.15, 0.2) is 0 Å². The summed E-state index contributed by atoms with van der Waals surface area (Å²) in [5, 5.41) is 3.79. The summed E-state index contributed by atoms with van der Waals surface area (Å²) in [6.07, 6.45) is 7.48. The van der Waals surface area contributed by atoms with Gasteiger partial charge in [0.1, 0.15) is 0 Å². The number of para-hydroxylation sites is 1.